The molecule has 2 aliphatic rings. The summed E-state index contributed by atoms with van der Waals surface area (Å²) in [5, 5.41) is 5.77. The van der Waals surface area contributed by atoms with Crippen LogP contribution in [0.1, 0.15) is 39.7 Å². The summed E-state index contributed by atoms with van der Waals surface area (Å²) in [6.45, 7) is 5.30. The summed E-state index contributed by atoms with van der Waals surface area (Å²) in [6.07, 6.45) is 0.267. The van der Waals surface area contributed by atoms with Crippen LogP contribution < -0.4 is 15.4 Å². The van der Waals surface area contributed by atoms with Crippen molar-refractivity contribution >= 4 is 40.2 Å². The summed E-state index contributed by atoms with van der Waals surface area (Å²) in [4.78, 5) is 52.8. The Bertz CT molecular complexity index is 1130. The van der Waals surface area contributed by atoms with Crippen LogP contribution in [-0.2, 0) is 19.9 Å². The van der Waals surface area contributed by atoms with Crippen molar-refractivity contribution in [3.8, 4) is 5.75 Å². The van der Waals surface area contributed by atoms with Gasteiger partial charge in [-0.2, -0.15) is 0 Å². The van der Waals surface area contributed by atoms with E-state index < -0.39 is 35.9 Å². The Balaban J connectivity index is 1.55. The zero-order valence-corrected chi connectivity index (χ0v) is 18.8. The first-order valence-corrected chi connectivity index (χ1v) is 11.0. The molecule has 1 aromatic carbocycles. The van der Waals surface area contributed by atoms with E-state index in [1.165, 1.54) is 11.3 Å². The maximum atomic E-state index is 13.3. The van der Waals surface area contributed by atoms with Crippen LogP contribution in [0.4, 0.5) is 9.80 Å². The number of fused-ring (bicyclic) bond motifs is 2. The number of hydrogen-bond acceptors (Lipinski definition) is 7. The number of esters is 1. The van der Waals surface area contributed by atoms with E-state index >= 15 is 0 Å². The minimum absolute atomic E-state index is 0.205. The predicted molar refractivity (Wildman–Crippen MR) is 117 cm³/mol. The second-order valence-corrected chi connectivity index (χ2v) is 8.80. The number of imide groups is 1. The van der Waals surface area contributed by atoms with Gasteiger partial charge in [0.2, 0.25) is 5.91 Å². The smallest absolute Gasteiger partial charge is 0.341 e. The van der Waals surface area contributed by atoms with Crippen molar-refractivity contribution in [3.05, 3.63) is 45.8 Å². The van der Waals surface area contributed by atoms with Gasteiger partial charge in [-0.05, 0) is 32.4 Å². The minimum Gasteiger partial charge on any atom is -0.493 e. The number of nitrogens with one attached hydrogen (secondary N) is 2. The summed E-state index contributed by atoms with van der Waals surface area (Å²) in [5.41, 5.74) is 0.325. The van der Waals surface area contributed by atoms with Gasteiger partial charge in [0, 0.05) is 16.9 Å². The first-order chi connectivity index (χ1) is 15.3. The third-order valence-electron chi connectivity index (χ3n) is 5.68. The van der Waals surface area contributed by atoms with Gasteiger partial charge < -0.3 is 20.1 Å². The molecule has 1 unspecified atom stereocenters. The highest BCUT2D eigenvalue weighted by Gasteiger charge is 2.55. The van der Waals surface area contributed by atoms with E-state index in [0.717, 1.165) is 15.3 Å². The summed E-state index contributed by atoms with van der Waals surface area (Å²) >= 11 is 1.24. The molecular weight excluding hydrogens is 434 g/mol. The molecule has 9 nitrogen and oxygen atoms in total. The van der Waals surface area contributed by atoms with Crippen molar-refractivity contribution in [1.82, 2.24) is 10.2 Å². The fourth-order valence-corrected chi connectivity index (χ4v) is 5.05. The lowest BCUT2D eigenvalue weighted by atomic mass is 9.84. The molecule has 2 aromatic rings. The topological polar surface area (TPSA) is 114 Å². The molecule has 0 bridgehead atoms. The Morgan fingerprint density at radius 1 is 1.28 bits per heavy atom. The van der Waals surface area contributed by atoms with Crippen LogP contribution in [0.5, 0.6) is 5.75 Å². The van der Waals surface area contributed by atoms with E-state index in [4.69, 9.17) is 9.47 Å². The maximum absolute atomic E-state index is 13.3. The Morgan fingerprint density at radius 2 is 2.03 bits per heavy atom. The number of carbonyl (C=O) groups excluding carboxylic acids is 4. The van der Waals surface area contributed by atoms with Gasteiger partial charge in [-0.15, -0.1) is 11.3 Å². The van der Waals surface area contributed by atoms with Crippen LogP contribution in [0.25, 0.3) is 0 Å². The monoisotopic (exact) mass is 457 g/mol. The molecule has 1 aromatic heterocycles. The quantitative estimate of drug-likeness (QED) is 0.527. The number of urea groups is 1. The molecule has 32 heavy (non-hydrogen) atoms. The molecule has 168 valence electrons. The van der Waals surface area contributed by atoms with Gasteiger partial charge in [0.05, 0.1) is 18.8 Å². The number of carbonyl (C=O) groups is 4. The summed E-state index contributed by atoms with van der Waals surface area (Å²) in [7, 11) is 0. The number of anilines is 1. The third kappa shape index (κ3) is 3.50. The number of para-hydroxylation sites is 1. The third-order valence-corrected chi connectivity index (χ3v) is 6.80. The van der Waals surface area contributed by atoms with Crippen LogP contribution in [-0.4, -0.2) is 48.5 Å². The highest BCUT2D eigenvalue weighted by Crippen LogP contribution is 2.41. The maximum Gasteiger partial charge on any atom is 0.341 e. The largest absolute Gasteiger partial charge is 0.493 e. The molecule has 10 heteroatoms. The molecule has 1 fully saturated rings. The number of ether oxygens (including phenoxy) is 2. The SMILES string of the molecule is CCOC(=O)c1c(NC(=O)CN2C(=O)NC3(CCOc4ccccc43)C2=O)sc(C)c1C. The van der Waals surface area contributed by atoms with Crippen LogP contribution in [0, 0.1) is 13.8 Å². The predicted octanol–water partition coefficient (Wildman–Crippen LogP) is 2.71. The number of hydrogen-bond donors (Lipinski definition) is 2. The first-order valence-electron chi connectivity index (χ1n) is 10.2. The number of aryl methyl sites for hydroxylation is 1. The summed E-state index contributed by atoms with van der Waals surface area (Å²) in [6, 6.07) is 6.38. The van der Waals surface area contributed by atoms with Gasteiger partial charge in [0.1, 0.15) is 17.3 Å². The number of thiophene rings is 1. The number of benzene rings is 1. The van der Waals surface area contributed by atoms with Crippen LogP contribution in [0.15, 0.2) is 24.3 Å². The highest BCUT2D eigenvalue weighted by molar-refractivity contribution is 7.16. The number of rotatable bonds is 5. The molecule has 2 aliphatic heterocycles. The Labute approximate surface area is 188 Å². The fourth-order valence-electron chi connectivity index (χ4n) is 3.99. The van der Waals surface area contributed by atoms with Crippen LogP contribution in [0.3, 0.4) is 0 Å². The average molecular weight is 458 g/mol. The molecule has 4 rings (SSSR count). The van der Waals surface area contributed by atoms with Gasteiger partial charge in [-0.1, -0.05) is 18.2 Å². The fraction of sp³-hybridized carbons (Fsp3) is 0.364. The zero-order valence-electron chi connectivity index (χ0n) is 17.9. The molecule has 3 heterocycles. The van der Waals surface area contributed by atoms with Gasteiger partial charge in [0.25, 0.3) is 5.91 Å². The van der Waals surface area contributed by atoms with E-state index in [-0.39, 0.29) is 25.2 Å². The van der Waals surface area contributed by atoms with Crippen molar-refractivity contribution in [2.24, 2.45) is 0 Å². The van der Waals surface area contributed by atoms with E-state index in [1.807, 2.05) is 6.92 Å². The van der Waals surface area contributed by atoms with Gasteiger partial charge >= 0.3 is 12.0 Å². The lowest BCUT2D eigenvalue weighted by molar-refractivity contribution is -0.135. The van der Waals surface area contributed by atoms with Gasteiger partial charge in [0.15, 0.2) is 5.54 Å². The molecule has 2 N–H and O–H groups in total. The molecule has 4 amide bonds. The lowest BCUT2D eigenvalue weighted by Crippen LogP contribution is -2.48. The highest BCUT2D eigenvalue weighted by atomic mass is 32.1. The average Bonchev–Trinajstić information content (AvgIpc) is 3.16. The molecule has 1 atom stereocenters. The standard InChI is InChI=1S/C22H23N3O6S/c1-4-30-19(27)17-12(2)13(3)32-18(17)23-16(26)11-25-20(28)22(24-21(25)29)9-10-31-15-8-6-5-7-14(15)22/h5-8H,4,9-11H2,1-3H3,(H,23,26)(H,24,29). The van der Waals surface area contributed by atoms with Crippen molar-refractivity contribution in [2.45, 2.75) is 32.7 Å². The molecule has 1 saturated heterocycles. The van der Waals surface area contributed by atoms with E-state index in [2.05, 4.69) is 10.6 Å². The molecular formula is C22H23N3O6S. The van der Waals surface area contributed by atoms with E-state index in [0.29, 0.717) is 16.3 Å². The van der Waals surface area contributed by atoms with Crippen molar-refractivity contribution in [3.63, 3.8) is 0 Å². The number of nitrogens with zero attached hydrogens (tertiary/aromatic N) is 1. The Morgan fingerprint density at radius 3 is 2.78 bits per heavy atom. The summed E-state index contributed by atoms with van der Waals surface area (Å²) < 4.78 is 10.7. The Hall–Kier alpha value is -3.40. The normalized spacial score (nSPS) is 19.4. The molecule has 1 spiro atoms. The van der Waals surface area contributed by atoms with Crippen molar-refractivity contribution < 1.29 is 28.7 Å². The molecule has 0 saturated carbocycles. The minimum atomic E-state index is -1.25. The van der Waals surface area contributed by atoms with Crippen molar-refractivity contribution in [1.29, 1.82) is 0 Å². The van der Waals surface area contributed by atoms with E-state index in [9.17, 15) is 19.2 Å². The van der Waals surface area contributed by atoms with Gasteiger partial charge in [-0.3, -0.25) is 14.5 Å². The summed E-state index contributed by atoms with van der Waals surface area (Å²) in [5.74, 6) is -1.09. The zero-order chi connectivity index (χ0) is 23.0. The van der Waals surface area contributed by atoms with Gasteiger partial charge in [-0.25, -0.2) is 9.59 Å². The molecule has 0 radical (unpaired) electrons. The second-order valence-electron chi connectivity index (χ2n) is 7.58. The van der Waals surface area contributed by atoms with Crippen LogP contribution >= 0.6 is 11.3 Å². The second kappa shape index (κ2) is 8.27. The lowest BCUT2D eigenvalue weighted by Gasteiger charge is -2.33. The van der Waals surface area contributed by atoms with E-state index in [1.54, 1.807) is 38.1 Å². The van der Waals surface area contributed by atoms with Crippen LogP contribution in [0.2, 0.25) is 0 Å². The first kappa shape index (κ1) is 21.8. The molecule has 0 aliphatic carbocycles. The Kier molecular flexibility index (Phi) is 5.64. The van der Waals surface area contributed by atoms with Crippen molar-refractivity contribution in [2.75, 3.05) is 25.1 Å². The number of amides is 4.